The lowest BCUT2D eigenvalue weighted by atomic mass is 9.96. The normalized spacial score (nSPS) is 34.0. The second-order valence-electron chi connectivity index (χ2n) is 6.14. The zero-order chi connectivity index (χ0) is 14.7. The molecule has 3 aliphatic heterocycles. The van der Waals surface area contributed by atoms with Crippen LogP contribution >= 0.6 is 0 Å². The Kier molecular flexibility index (Phi) is 5.11. The number of carbonyl (C=O) groups is 1. The number of piperidine rings is 1. The molecule has 0 bridgehead atoms. The van der Waals surface area contributed by atoms with Gasteiger partial charge in [0.15, 0.2) is 0 Å². The maximum Gasteiger partial charge on any atom is 0.228 e. The number of methoxy groups -OCH3 is 1. The summed E-state index contributed by atoms with van der Waals surface area (Å²) < 4.78 is 16.5. The van der Waals surface area contributed by atoms with E-state index in [9.17, 15) is 4.79 Å². The Morgan fingerprint density at radius 1 is 1.29 bits per heavy atom. The average molecular weight is 298 g/mol. The van der Waals surface area contributed by atoms with Gasteiger partial charge in [0, 0.05) is 39.9 Å². The number of fused-ring (bicyclic) bond motifs is 1. The van der Waals surface area contributed by atoms with Gasteiger partial charge in [0.05, 0.1) is 37.9 Å². The summed E-state index contributed by atoms with van der Waals surface area (Å²) in [5, 5.41) is 0. The van der Waals surface area contributed by atoms with E-state index >= 15 is 0 Å². The maximum atomic E-state index is 12.6. The molecule has 0 aromatic rings. The Hall–Kier alpha value is -0.690. The molecule has 6 nitrogen and oxygen atoms in total. The largest absolute Gasteiger partial charge is 0.383 e. The minimum atomic E-state index is 0.0680. The highest BCUT2D eigenvalue weighted by Gasteiger charge is 2.39. The number of hydrogen-bond acceptors (Lipinski definition) is 5. The van der Waals surface area contributed by atoms with Gasteiger partial charge in [-0.05, 0) is 12.8 Å². The predicted molar refractivity (Wildman–Crippen MR) is 77.1 cm³/mol. The minimum Gasteiger partial charge on any atom is -0.383 e. The van der Waals surface area contributed by atoms with Gasteiger partial charge in [0.2, 0.25) is 5.91 Å². The Morgan fingerprint density at radius 2 is 2.19 bits per heavy atom. The summed E-state index contributed by atoms with van der Waals surface area (Å²) in [7, 11) is 1.73. The molecule has 3 atom stereocenters. The number of ether oxygens (including phenoxy) is 3. The van der Waals surface area contributed by atoms with Crippen LogP contribution in [0.25, 0.3) is 0 Å². The molecule has 3 aliphatic rings. The van der Waals surface area contributed by atoms with E-state index in [1.54, 1.807) is 7.11 Å². The zero-order valence-corrected chi connectivity index (χ0v) is 12.8. The lowest BCUT2D eigenvalue weighted by Crippen LogP contribution is -2.61. The molecule has 0 spiro atoms. The summed E-state index contributed by atoms with van der Waals surface area (Å²) >= 11 is 0. The monoisotopic (exact) mass is 298 g/mol. The van der Waals surface area contributed by atoms with Gasteiger partial charge >= 0.3 is 0 Å². The molecule has 6 heteroatoms. The number of morpholine rings is 1. The lowest BCUT2D eigenvalue weighted by Gasteiger charge is -2.47. The molecule has 0 aromatic heterocycles. The van der Waals surface area contributed by atoms with Crippen LogP contribution in [-0.4, -0.2) is 87.6 Å². The molecule has 21 heavy (non-hydrogen) atoms. The predicted octanol–water partition coefficient (Wildman–Crippen LogP) is -0.0290. The second kappa shape index (κ2) is 7.05. The van der Waals surface area contributed by atoms with E-state index in [0.717, 1.165) is 58.8 Å². The summed E-state index contributed by atoms with van der Waals surface area (Å²) in [5.41, 5.74) is 0. The third-order valence-corrected chi connectivity index (χ3v) is 4.87. The fourth-order valence-corrected chi connectivity index (χ4v) is 3.62. The van der Waals surface area contributed by atoms with Crippen LogP contribution in [0.2, 0.25) is 0 Å². The molecule has 0 aromatic carbocycles. The lowest BCUT2D eigenvalue weighted by molar-refractivity contribution is -0.147. The summed E-state index contributed by atoms with van der Waals surface area (Å²) in [6, 6.07) is 0.314. The van der Waals surface area contributed by atoms with E-state index in [2.05, 4.69) is 4.90 Å². The molecular formula is C15H26N2O4. The Labute approximate surface area is 126 Å². The van der Waals surface area contributed by atoms with Crippen molar-refractivity contribution in [3.63, 3.8) is 0 Å². The van der Waals surface area contributed by atoms with E-state index in [0.29, 0.717) is 12.6 Å². The molecule has 0 saturated carbocycles. The van der Waals surface area contributed by atoms with Crippen molar-refractivity contribution in [2.24, 2.45) is 5.92 Å². The first-order valence-electron chi connectivity index (χ1n) is 8.00. The fraction of sp³-hybridized carbons (Fsp3) is 0.933. The molecule has 3 heterocycles. The van der Waals surface area contributed by atoms with Crippen molar-refractivity contribution in [3.05, 3.63) is 0 Å². The van der Waals surface area contributed by atoms with Crippen LogP contribution in [0.3, 0.4) is 0 Å². The Morgan fingerprint density at radius 3 is 2.95 bits per heavy atom. The van der Waals surface area contributed by atoms with Crippen LogP contribution in [0.5, 0.6) is 0 Å². The van der Waals surface area contributed by atoms with Crippen LogP contribution in [0.4, 0.5) is 0 Å². The number of carbonyl (C=O) groups excluding carboxylic acids is 1. The van der Waals surface area contributed by atoms with Gasteiger partial charge in [-0.15, -0.1) is 0 Å². The topological polar surface area (TPSA) is 51.2 Å². The minimum absolute atomic E-state index is 0.0680. The molecule has 120 valence electrons. The average Bonchev–Trinajstić information content (AvgIpc) is 3.06. The molecule has 3 fully saturated rings. The molecule has 0 aliphatic carbocycles. The number of hydrogen-bond donors (Lipinski definition) is 0. The summed E-state index contributed by atoms with van der Waals surface area (Å²) in [4.78, 5) is 17.0. The molecular weight excluding hydrogens is 272 g/mol. The SMILES string of the molecule is COCCN1CCO[C@H]2CCN(C(=O)[C@@H]3CCOC3)C[C@@H]21. The third-order valence-electron chi connectivity index (χ3n) is 4.87. The van der Waals surface area contributed by atoms with Crippen LogP contribution in [0.15, 0.2) is 0 Å². The van der Waals surface area contributed by atoms with Gasteiger partial charge in [0.1, 0.15) is 0 Å². The number of rotatable bonds is 4. The number of amides is 1. The van der Waals surface area contributed by atoms with Gasteiger partial charge in [-0.2, -0.15) is 0 Å². The van der Waals surface area contributed by atoms with Crippen LogP contribution in [0.1, 0.15) is 12.8 Å². The maximum absolute atomic E-state index is 12.6. The van der Waals surface area contributed by atoms with E-state index < -0.39 is 0 Å². The van der Waals surface area contributed by atoms with E-state index in [1.165, 1.54) is 0 Å². The van der Waals surface area contributed by atoms with Crippen LogP contribution in [0, 0.1) is 5.92 Å². The highest BCUT2D eigenvalue weighted by Crippen LogP contribution is 2.25. The molecule has 0 radical (unpaired) electrons. The van der Waals surface area contributed by atoms with Crippen molar-refractivity contribution in [1.29, 1.82) is 0 Å². The van der Waals surface area contributed by atoms with Crippen molar-refractivity contribution in [2.75, 3.05) is 59.7 Å². The quantitative estimate of drug-likeness (QED) is 0.729. The van der Waals surface area contributed by atoms with Crippen LogP contribution < -0.4 is 0 Å². The zero-order valence-electron chi connectivity index (χ0n) is 12.8. The first-order valence-corrected chi connectivity index (χ1v) is 8.00. The molecule has 3 saturated heterocycles. The fourth-order valence-electron chi connectivity index (χ4n) is 3.62. The Balaban J connectivity index is 1.60. The van der Waals surface area contributed by atoms with E-state index in [1.807, 2.05) is 4.90 Å². The summed E-state index contributed by atoms with van der Waals surface area (Å²) in [6.45, 7) is 6.27. The first kappa shape index (κ1) is 15.2. The number of likely N-dealkylation sites (tertiary alicyclic amines) is 1. The van der Waals surface area contributed by atoms with Crippen molar-refractivity contribution >= 4 is 5.91 Å². The Bertz CT molecular complexity index is 360. The van der Waals surface area contributed by atoms with Crippen LogP contribution in [-0.2, 0) is 19.0 Å². The van der Waals surface area contributed by atoms with Gasteiger partial charge in [-0.3, -0.25) is 9.69 Å². The smallest absolute Gasteiger partial charge is 0.228 e. The molecule has 3 rings (SSSR count). The summed E-state index contributed by atoms with van der Waals surface area (Å²) in [5.74, 6) is 0.335. The van der Waals surface area contributed by atoms with Crippen molar-refractivity contribution in [2.45, 2.75) is 25.0 Å². The van der Waals surface area contributed by atoms with Crippen molar-refractivity contribution in [3.8, 4) is 0 Å². The van der Waals surface area contributed by atoms with Gasteiger partial charge < -0.3 is 19.1 Å². The van der Waals surface area contributed by atoms with Gasteiger partial charge in [-0.1, -0.05) is 0 Å². The van der Waals surface area contributed by atoms with Gasteiger partial charge in [-0.25, -0.2) is 0 Å². The first-order chi connectivity index (χ1) is 10.3. The highest BCUT2D eigenvalue weighted by molar-refractivity contribution is 5.79. The standard InChI is InChI=1S/C15H26N2O4/c1-19-8-5-16-6-9-21-14-2-4-17(10-13(14)16)15(18)12-3-7-20-11-12/h12-14H,2-11H2,1H3/t12-,13+,14+/m1/s1. The number of nitrogens with zero attached hydrogens (tertiary/aromatic N) is 2. The molecule has 0 unspecified atom stereocenters. The molecule has 0 N–H and O–H groups in total. The van der Waals surface area contributed by atoms with E-state index in [4.69, 9.17) is 14.2 Å². The van der Waals surface area contributed by atoms with Gasteiger partial charge in [0.25, 0.3) is 0 Å². The second-order valence-corrected chi connectivity index (χ2v) is 6.14. The molecule has 1 amide bonds. The third kappa shape index (κ3) is 3.39. The van der Waals surface area contributed by atoms with Crippen molar-refractivity contribution < 1.29 is 19.0 Å². The highest BCUT2D eigenvalue weighted by atomic mass is 16.5. The summed E-state index contributed by atoms with van der Waals surface area (Å²) in [6.07, 6.45) is 2.07. The van der Waals surface area contributed by atoms with Crippen molar-refractivity contribution in [1.82, 2.24) is 9.80 Å². The van der Waals surface area contributed by atoms with E-state index in [-0.39, 0.29) is 17.9 Å².